The molecule has 0 aliphatic carbocycles. The predicted octanol–water partition coefficient (Wildman–Crippen LogP) is 2.08. The molecule has 0 bridgehead atoms. The molecule has 0 amide bonds. The van der Waals surface area contributed by atoms with Crippen LogP contribution in [0.2, 0.25) is 5.15 Å². The minimum absolute atomic E-state index is 0.458. The average Bonchev–Trinajstić information content (AvgIpc) is 1.95. The summed E-state index contributed by atoms with van der Waals surface area (Å²) in [5.74, 6) is 0. The Morgan fingerprint density at radius 1 is 1.40 bits per heavy atom. The van der Waals surface area contributed by atoms with Gasteiger partial charge in [0.2, 0.25) is 0 Å². The summed E-state index contributed by atoms with van der Waals surface area (Å²) in [5.41, 5.74) is 1.01. The maximum Gasteiger partial charge on any atom is 0.151 e. The van der Waals surface area contributed by atoms with E-state index in [1.165, 1.54) is 0 Å². The van der Waals surface area contributed by atoms with Gasteiger partial charge in [-0.15, -0.1) is 5.10 Å². The predicted molar refractivity (Wildman–Crippen MR) is 41.0 cm³/mol. The first-order chi connectivity index (χ1) is 4.83. The molecular formula is C7H9ClN2. The normalized spacial score (nSPS) is 9.80. The van der Waals surface area contributed by atoms with Gasteiger partial charge in [-0.3, -0.25) is 0 Å². The number of aromatic nitrogens is 2. The van der Waals surface area contributed by atoms with Crippen molar-refractivity contribution in [2.45, 2.75) is 19.8 Å². The average molecular weight is 157 g/mol. The molecule has 1 rings (SSSR count). The number of aryl methyl sites for hydroxylation is 1. The zero-order valence-electron chi connectivity index (χ0n) is 5.84. The van der Waals surface area contributed by atoms with E-state index in [-0.39, 0.29) is 0 Å². The molecule has 0 saturated carbocycles. The summed E-state index contributed by atoms with van der Waals surface area (Å²) in [7, 11) is 0. The molecule has 0 aliphatic rings. The van der Waals surface area contributed by atoms with Gasteiger partial charge in [-0.25, -0.2) is 0 Å². The van der Waals surface area contributed by atoms with Crippen LogP contribution in [-0.4, -0.2) is 10.2 Å². The summed E-state index contributed by atoms with van der Waals surface area (Å²) < 4.78 is 0. The van der Waals surface area contributed by atoms with E-state index < -0.39 is 0 Å². The van der Waals surface area contributed by atoms with Crippen molar-refractivity contribution in [2.24, 2.45) is 0 Å². The highest BCUT2D eigenvalue weighted by Crippen LogP contribution is 2.03. The van der Waals surface area contributed by atoms with Gasteiger partial charge in [0.25, 0.3) is 0 Å². The van der Waals surface area contributed by atoms with Crippen LogP contribution in [0.5, 0.6) is 0 Å². The van der Waals surface area contributed by atoms with Crippen molar-refractivity contribution in [2.75, 3.05) is 0 Å². The summed E-state index contributed by atoms with van der Waals surface area (Å²) in [5, 5.41) is 8.06. The SMILES string of the molecule is CCCc1ccc(Cl)nn1. The number of rotatable bonds is 2. The molecule has 3 heteroatoms. The van der Waals surface area contributed by atoms with Crippen LogP contribution in [0.1, 0.15) is 19.0 Å². The fraction of sp³-hybridized carbons (Fsp3) is 0.429. The fourth-order valence-corrected chi connectivity index (χ4v) is 0.834. The Balaban J connectivity index is 2.69. The number of nitrogens with zero attached hydrogens (tertiary/aromatic N) is 2. The van der Waals surface area contributed by atoms with E-state index >= 15 is 0 Å². The zero-order valence-corrected chi connectivity index (χ0v) is 6.60. The van der Waals surface area contributed by atoms with Crippen molar-refractivity contribution >= 4 is 11.6 Å². The van der Waals surface area contributed by atoms with E-state index in [4.69, 9.17) is 11.6 Å². The highest BCUT2D eigenvalue weighted by Gasteiger charge is 1.92. The first kappa shape index (κ1) is 7.48. The lowest BCUT2D eigenvalue weighted by Crippen LogP contribution is -1.90. The Kier molecular flexibility index (Phi) is 2.63. The smallest absolute Gasteiger partial charge is 0.151 e. The molecular weight excluding hydrogens is 148 g/mol. The van der Waals surface area contributed by atoms with Crippen molar-refractivity contribution in [3.8, 4) is 0 Å². The van der Waals surface area contributed by atoms with Crippen molar-refractivity contribution in [3.05, 3.63) is 23.0 Å². The summed E-state index contributed by atoms with van der Waals surface area (Å²) in [6.07, 6.45) is 2.07. The fourth-order valence-electron chi connectivity index (χ4n) is 0.733. The zero-order chi connectivity index (χ0) is 7.40. The van der Waals surface area contributed by atoms with Gasteiger partial charge >= 0.3 is 0 Å². The second-order valence-electron chi connectivity index (χ2n) is 2.10. The molecule has 1 aromatic rings. The first-order valence-corrected chi connectivity index (χ1v) is 3.69. The monoisotopic (exact) mass is 156 g/mol. The Morgan fingerprint density at radius 3 is 2.70 bits per heavy atom. The third-order valence-electron chi connectivity index (χ3n) is 1.19. The molecule has 0 atom stereocenters. The molecule has 0 spiro atoms. The van der Waals surface area contributed by atoms with Crippen LogP contribution < -0.4 is 0 Å². The van der Waals surface area contributed by atoms with Gasteiger partial charge in [0, 0.05) is 0 Å². The van der Waals surface area contributed by atoms with E-state index in [0.717, 1.165) is 18.5 Å². The third-order valence-corrected chi connectivity index (χ3v) is 1.39. The van der Waals surface area contributed by atoms with E-state index in [0.29, 0.717) is 5.15 Å². The Hall–Kier alpha value is -0.630. The van der Waals surface area contributed by atoms with Gasteiger partial charge in [-0.2, -0.15) is 5.10 Å². The van der Waals surface area contributed by atoms with E-state index in [9.17, 15) is 0 Å². The van der Waals surface area contributed by atoms with Crippen LogP contribution in [0.4, 0.5) is 0 Å². The van der Waals surface area contributed by atoms with E-state index in [2.05, 4.69) is 17.1 Å². The number of hydrogen-bond acceptors (Lipinski definition) is 2. The molecule has 0 unspecified atom stereocenters. The summed E-state index contributed by atoms with van der Waals surface area (Å²) in [6.45, 7) is 2.11. The van der Waals surface area contributed by atoms with Gasteiger partial charge in [0.15, 0.2) is 5.15 Å². The van der Waals surface area contributed by atoms with Crippen molar-refractivity contribution in [3.63, 3.8) is 0 Å². The molecule has 2 nitrogen and oxygen atoms in total. The molecule has 0 fully saturated rings. The second-order valence-corrected chi connectivity index (χ2v) is 2.48. The molecule has 0 N–H and O–H groups in total. The standard InChI is InChI=1S/C7H9ClN2/c1-2-3-6-4-5-7(8)10-9-6/h4-5H,2-3H2,1H3. The second kappa shape index (κ2) is 3.52. The Bertz CT molecular complexity index is 195. The number of halogens is 1. The summed E-state index contributed by atoms with van der Waals surface area (Å²) >= 11 is 5.54. The molecule has 1 heterocycles. The van der Waals surface area contributed by atoms with Crippen LogP contribution >= 0.6 is 11.6 Å². The first-order valence-electron chi connectivity index (χ1n) is 3.31. The quantitative estimate of drug-likeness (QED) is 0.655. The molecule has 0 radical (unpaired) electrons. The van der Waals surface area contributed by atoms with Gasteiger partial charge in [-0.05, 0) is 18.6 Å². The van der Waals surface area contributed by atoms with Crippen LogP contribution in [0.25, 0.3) is 0 Å². The van der Waals surface area contributed by atoms with Crippen LogP contribution in [0, 0.1) is 0 Å². The highest BCUT2D eigenvalue weighted by atomic mass is 35.5. The van der Waals surface area contributed by atoms with E-state index in [1.807, 2.05) is 6.07 Å². The van der Waals surface area contributed by atoms with Gasteiger partial charge in [0.1, 0.15) is 0 Å². The molecule has 0 saturated heterocycles. The van der Waals surface area contributed by atoms with Crippen LogP contribution in [-0.2, 0) is 6.42 Å². The van der Waals surface area contributed by atoms with Crippen molar-refractivity contribution in [1.29, 1.82) is 0 Å². The van der Waals surface area contributed by atoms with Crippen molar-refractivity contribution < 1.29 is 0 Å². The van der Waals surface area contributed by atoms with Crippen LogP contribution in [0.15, 0.2) is 12.1 Å². The molecule has 54 valence electrons. The highest BCUT2D eigenvalue weighted by molar-refractivity contribution is 6.29. The largest absolute Gasteiger partial charge is 0.154 e. The topological polar surface area (TPSA) is 25.8 Å². The summed E-state index contributed by atoms with van der Waals surface area (Å²) in [4.78, 5) is 0. The van der Waals surface area contributed by atoms with Gasteiger partial charge in [-0.1, -0.05) is 24.9 Å². The summed E-state index contributed by atoms with van der Waals surface area (Å²) in [6, 6.07) is 3.67. The van der Waals surface area contributed by atoms with E-state index in [1.54, 1.807) is 6.07 Å². The Labute approximate surface area is 65.2 Å². The molecule has 0 aromatic carbocycles. The molecule has 1 aromatic heterocycles. The molecule has 10 heavy (non-hydrogen) atoms. The lowest BCUT2D eigenvalue weighted by Gasteiger charge is -1.93. The lowest BCUT2D eigenvalue weighted by molar-refractivity contribution is 0.839. The third kappa shape index (κ3) is 1.95. The minimum atomic E-state index is 0.458. The lowest BCUT2D eigenvalue weighted by atomic mass is 10.2. The van der Waals surface area contributed by atoms with Gasteiger partial charge < -0.3 is 0 Å². The van der Waals surface area contributed by atoms with Gasteiger partial charge in [0.05, 0.1) is 5.69 Å². The minimum Gasteiger partial charge on any atom is -0.154 e. The molecule has 0 aliphatic heterocycles. The maximum absolute atomic E-state index is 5.54. The Morgan fingerprint density at radius 2 is 2.20 bits per heavy atom. The van der Waals surface area contributed by atoms with Crippen molar-refractivity contribution in [1.82, 2.24) is 10.2 Å². The maximum atomic E-state index is 5.54. The van der Waals surface area contributed by atoms with Crippen LogP contribution in [0.3, 0.4) is 0 Å². The number of hydrogen-bond donors (Lipinski definition) is 0.